The number of para-hydroxylation sites is 2. The van der Waals surface area contributed by atoms with E-state index in [4.69, 9.17) is 4.74 Å². The Kier molecular flexibility index (Phi) is 5.92. The average Bonchev–Trinajstić information content (AvgIpc) is 2.55. The van der Waals surface area contributed by atoms with Crippen LogP contribution in [0.5, 0.6) is 5.75 Å². The molecule has 2 aromatic carbocycles. The highest BCUT2D eigenvalue weighted by Gasteiger charge is 2.11. The summed E-state index contributed by atoms with van der Waals surface area (Å²) in [5.41, 5.74) is 2.37. The minimum absolute atomic E-state index is 0.0294. The van der Waals surface area contributed by atoms with Gasteiger partial charge in [-0.05, 0) is 26.0 Å². The number of ether oxygens (including phenoxy) is 1. The molecule has 1 amide bonds. The van der Waals surface area contributed by atoms with Crippen molar-refractivity contribution in [2.45, 2.75) is 26.7 Å². The molecule has 0 unspecified atom stereocenters. The van der Waals surface area contributed by atoms with Gasteiger partial charge in [-0.1, -0.05) is 42.0 Å². The smallest absolute Gasteiger partial charge is 0.224 e. The van der Waals surface area contributed by atoms with Gasteiger partial charge in [-0.2, -0.15) is 0 Å². The first-order valence-electron chi connectivity index (χ1n) is 7.71. The van der Waals surface area contributed by atoms with Crippen molar-refractivity contribution in [2.75, 3.05) is 11.9 Å². The van der Waals surface area contributed by atoms with Gasteiger partial charge in [0.05, 0.1) is 12.3 Å². The van der Waals surface area contributed by atoms with Gasteiger partial charge in [-0.3, -0.25) is 9.59 Å². The molecule has 0 heterocycles. The molecule has 0 spiro atoms. The van der Waals surface area contributed by atoms with Crippen molar-refractivity contribution >= 4 is 17.4 Å². The number of rotatable bonds is 7. The average molecular weight is 311 g/mol. The molecule has 0 saturated heterocycles. The SMILES string of the molecule is CCOc1ccccc1NC(=O)CCC(=O)c1ccc(C)cc1. The van der Waals surface area contributed by atoms with E-state index in [9.17, 15) is 9.59 Å². The maximum absolute atomic E-state index is 12.1. The van der Waals surface area contributed by atoms with Crippen LogP contribution in [0.1, 0.15) is 35.7 Å². The summed E-state index contributed by atoms with van der Waals surface area (Å²) in [7, 11) is 0. The second-order valence-corrected chi connectivity index (χ2v) is 5.27. The van der Waals surface area contributed by atoms with E-state index in [1.165, 1.54) is 0 Å². The Balaban J connectivity index is 1.90. The summed E-state index contributed by atoms with van der Waals surface area (Å²) >= 11 is 0. The van der Waals surface area contributed by atoms with E-state index in [0.717, 1.165) is 5.56 Å². The number of amides is 1. The lowest BCUT2D eigenvalue weighted by molar-refractivity contribution is -0.116. The molecule has 0 aliphatic heterocycles. The molecule has 120 valence electrons. The second kappa shape index (κ2) is 8.13. The van der Waals surface area contributed by atoms with Crippen molar-refractivity contribution in [3.63, 3.8) is 0 Å². The maximum atomic E-state index is 12.1. The summed E-state index contributed by atoms with van der Waals surface area (Å²) in [6.07, 6.45) is 0.332. The van der Waals surface area contributed by atoms with Crippen LogP contribution in [0.25, 0.3) is 0 Å². The molecule has 4 nitrogen and oxygen atoms in total. The Labute approximate surface area is 136 Å². The molecule has 23 heavy (non-hydrogen) atoms. The van der Waals surface area contributed by atoms with Gasteiger partial charge in [0.15, 0.2) is 5.78 Å². The van der Waals surface area contributed by atoms with Crippen LogP contribution < -0.4 is 10.1 Å². The fraction of sp³-hybridized carbons (Fsp3) is 0.263. The fourth-order valence-electron chi connectivity index (χ4n) is 2.17. The lowest BCUT2D eigenvalue weighted by Crippen LogP contribution is -2.14. The summed E-state index contributed by atoms with van der Waals surface area (Å²) in [5, 5.41) is 2.80. The summed E-state index contributed by atoms with van der Waals surface area (Å²) in [5.74, 6) is 0.407. The number of aryl methyl sites for hydroxylation is 1. The van der Waals surface area contributed by atoms with Gasteiger partial charge in [0.1, 0.15) is 5.75 Å². The van der Waals surface area contributed by atoms with Crippen LogP contribution in [-0.4, -0.2) is 18.3 Å². The number of nitrogens with one attached hydrogen (secondary N) is 1. The van der Waals surface area contributed by atoms with Crippen molar-refractivity contribution in [3.8, 4) is 5.75 Å². The molecule has 0 aromatic heterocycles. The molecule has 4 heteroatoms. The van der Waals surface area contributed by atoms with E-state index >= 15 is 0 Å². The first kappa shape index (κ1) is 16.7. The predicted molar refractivity (Wildman–Crippen MR) is 91.0 cm³/mol. The van der Waals surface area contributed by atoms with Crippen molar-refractivity contribution < 1.29 is 14.3 Å². The number of anilines is 1. The van der Waals surface area contributed by atoms with Crippen LogP contribution in [0.4, 0.5) is 5.69 Å². The Morgan fingerprint density at radius 2 is 1.70 bits per heavy atom. The molecule has 0 atom stereocenters. The molecule has 0 bridgehead atoms. The maximum Gasteiger partial charge on any atom is 0.224 e. The van der Waals surface area contributed by atoms with Crippen LogP contribution in [0.3, 0.4) is 0 Å². The third-order valence-corrected chi connectivity index (χ3v) is 3.41. The Bertz CT molecular complexity index is 677. The fourth-order valence-corrected chi connectivity index (χ4v) is 2.17. The predicted octanol–water partition coefficient (Wildman–Crippen LogP) is 4.00. The van der Waals surface area contributed by atoms with E-state index in [2.05, 4.69) is 5.32 Å². The quantitative estimate of drug-likeness (QED) is 0.786. The standard InChI is InChI=1S/C19H21NO3/c1-3-23-18-7-5-4-6-16(18)20-19(22)13-12-17(21)15-10-8-14(2)9-11-15/h4-11H,3,12-13H2,1-2H3,(H,20,22). The molecule has 1 N–H and O–H groups in total. The number of hydrogen-bond acceptors (Lipinski definition) is 3. The van der Waals surface area contributed by atoms with E-state index < -0.39 is 0 Å². The van der Waals surface area contributed by atoms with E-state index in [1.807, 2.05) is 38.1 Å². The number of carbonyl (C=O) groups excluding carboxylic acids is 2. The third kappa shape index (κ3) is 4.95. The Morgan fingerprint density at radius 1 is 1.00 bits per heavy atom. The summed E-state index contributed by atoms with van der Waals surface area (Å²) in [6, 6.07) is 14.6. The topological polar surface area (TPSA) is 55.4 Å². The molecule has 0 saturated carbocycles. The van der Waals surface area contributed by atoms with E-state index in [1.54, 1.807) is 24.3 Å². The number of ketones is 1. The number of hydrogen-bond donors (Lipinski definition) is 1. The summed E-state index contributed by atoms with van der Waals surface area (Å²) in [4.78, 5) is 24.1. The van der Waals surface area contributed by atoms with Crippen LogP contribution in [0, 0.1) is 6.92 Å². The van der Waals surface area contributed by atoms with Gasteiger partial charge in [0.2, 0.25) is 5.91 Å². The van der Waals surface area contributed by atoms with Crippen LogP contribution >= 0.6 is 0 Å². The molecule has 0 aliphatic rings. The molecular formula is C19H21NO3. The van der Waals surface area contributed by atoms with Crippen LogP contribution in [-0.2, 0) is 4.79 Å². The van der Waals surface area contributed by atoms with Crippen molar-refractivity contribution in [1.29, 1.82) is 0 Å². The Hall–Kier alpha value is -2.62. The zero-order valence-electron chi connectivity index (χ0n) is 13.5. The van der Waals surface area contributed by atoms with Gasteiger partial charge in [0.25, 0.3) is 0 Å². The van der Waals surface area contributed by atoms with Gasteiger partial charge < -0.3 is 10.1 Å². The minimum atomic E-state index is -0.197. The van der Waals surface area contributed by atoms with Crippen molar-refractivity contribution in [1.82, 2.24) is 0 Å². The highest BCUT2D eigenvalue weighted by molar-refractivity contribution is 6.00. The Morgan fingerprint density at radius 3 is 2.39 bits per heavy atom. The van der Waals surface area contributed by atoms with Crippen LogP contribution in [0.15, 0.2) is 48.5 Å². The molecule has 2 aromatic rings. The monoisotopic (exact) mass is 311 g/mol. The minimum Gasteiger partial charge on any atom is -0.492 e. The first-order valence-corrected chi connectivity index (χ1v) is 7.71. The van der Waals surface area contributed by atoms with E-state index in [0.29, 0.717) is 23.6 Å². The molecular weight excluding hydrogens is 290 g/mol. The number of Topliss-reactive ketones (excluding diaryl/α,β-unsaturated/α-hetero) is 1. The van der Waals surface area contributed by atoms with Crippen LogP contribution in [0.2, 0.25) is 0 Å². The van der Waals surface area contributed by atoms with Gasteiger partial charge in [-0.25, -0.2) is 0 Å². The first-order chi connectivity index (χ1) is 11.1. The molecule has 0 aliphatic carbocycles. The summed E-state index contributed by atoms with van der Waals surface area (Å²) < 4.78 is 5.46. The largest absolute Gasteiger partial charge is 0.492 e. The van der Waals surface area contributed by atoms with Gasteiger partial charge >= 0.3 is 0 Å². The number of carbonyl (C=O) groups is 2. The zero-order valence-corrected chi connectivity index (χ0v) is 13.5. The summed E-state index contributed by atoms with van der Waals surface area (Å²) in [6.45, 7) is 4.38. The van der Waals surface area contributed by atoms with Crippen molar-refractivity contribution in [3.05, 3.63) is 59.7 Å². The van der Waals surface area contributed by atoms with E-state index in [-0.39, 0.29) is 24.5 Å². The van der Waals surface area contributed by atoms with Gasteiger partial charge in [0, 0.05) is 18.4 Å². The lowest BCUT2D eigenvalue weighted by atomic mass is 10.0. The molecule has 0 radical (unpaired) electrons. The molecule has 0 fully saturated rings. The normalized spacial score (nSPS) is 10.2. The second-order valence-electron chi connectivity index (χ2n) is 5.27. The van der Waals surface area contributed by atoms with Crippen molar-refractivity contribution in [2.24, 2.45) is 0 Å². The zero-order chi connectivity index (χ0) is 16.7. The highest BCUT2D eigenvalue weighted by Crippen LogP contribution is 2.23. The lowest BCUT2D eigenvalue weighted by Gasteiger charge is -2.11. The van der Waals surface area contributed by atoms with Gasteiger partial charge in [-0.15, -0.1) is 0 Å². The molecule has 2 rings (SSSR count). The highest BCUT2D eigenvalue weighted by atomic mass is 16.5. The third-order valence-electron chi connectivity index (χ3n) is 3.41. The number of benzene rings is 2.